The first kappa shape index (κ1) is 34.2. The number of aliphatic hydroxyl groups excluding tert-OH is 2. The van der Waals surface area contributed by atoms with Gasteiger partial charge >= 0.3 is 41.5 Å². The Morgan fingerprint density at radius 1 is 0.633 bits per heavy atom. The molecule has 0 bridgehead atoms. The van der Waals surface area contributed by atoms with Gasteiger partial charge in [-0.2, -0.15) is 6.42 Å². The van der Waals surface area contributed by atoms with Crippen LogP contribution in [-0.2, 0) is 14.4 Å². The Bertz CT molecular complexity index is 387. The molecule has 0 aliphatic rings. The molecule has 30 heavy (non-hydrogen) atoms. The van der Waals surface area contributed by atoms with Crippen LogP contribution in [0.2, 0.25) is 0 Å². The Morgan fingerprint density at radius 2 is 0.900 bits per heavy atom. The first-order chi connectivity index (χ1) is 13.9. The normalized spacial score (nSPS) is 12.1. The van der Waals surface area contributed by atoms with Gasteiger partial charge in [0.15, 0.2) is 12.2 Å². The molecule has 7 nitrogen and oxygen atoms in total. The molecular formula is C22H41NaO7. The van der Waals surface area contributed by atoms with Crippen LogP contribution >= 0.6 is 0 Å². The zero-order valence-corrected chi connectivity index (χ0v) is 21.0. The van der Waals surface area contributed by atoms with E-state index in [0.29, 0.717) is 6.42 Å². The van der Waals surface area contributed by atoms with Gasteiger partial charge in [-0.05, 0) is 0 Å². The smallest absolute Gasteiger partial charge is 0.542 e. The van der Waals surface area contributed by atoms with Crippen molar-refractivity contribution >= 4 is 18.2 Å². The van der Waals surface area contributed by atoms with E-state index in [-0.39, 0.29) is 29.6 Å². The zero-order valence-electron chi connectivity index (χ0n) is 19.0. The molecule has 0 fully saturated rings. The summed E-state index contributed by atoms with van der Waals surface area (Å²) in [4.78, 5) is 29.6. The van der Waals surface area contributed by atoms with E-state index in [9.17, 15) is 14.4 Å². The van der Waals surface area contributed by atoms with E-state index >= 15 is 0 Å². The molecule has 0 amide bonds. The van der Waals surface area contributed by atoms with Crippen molar-refractivity contribution < 1.29 is 64.4 Å². The largest absolute Gasteiger partial charge is 1.00 e. The van der Waals surface area contributed by atoms with Gasteiger partial charge < -0.3 is 25.2 Å². The summed E-state index contributed by atoms with van der Waals surface area (Å²) in [6.07, 6.45) is 18.7. The second kappa shape index (κ2) is 26.6. The van der Waals surface area contributed by atoms with E-state index in [1.165, 1.54) is 89.9 Å². The third-order valence-electron chi connectivity index (χ3n) is 4.69. The van der Waals surface area contributed by atoms with E-state index in [1.54, 1.807) is 0 Å². The third-order valence-corrected chi connectivity index (χ3v) is 4.69. The summed E-state index contributed by atoms with van der Waals surface area (Å²) in [5, 5.41) is 32.5. The molecule has 0 radical (unpaired) electrons. The molecule has 0 aromatic rings. The molecule has 4 N–H and O–H groups in total. The average Bonchev–Trinajstić information content (AvgIpc) is 2.70. The summed E-state index contributed by atoms with van der Waals surface area (Å²) in [5.41, 5.74) is 0. The summed E-state index contributed by atoms with van der Waals surface area (Å²) in [7, 11) is 0. The Labute approximate surface area is 203 Å². The molecule has 0 aromatic carbocycles. The minimum absolute atomic E-state index is 0. The van der Waals surface area contributed by atoms with Gasteiger partial charge in [-0.1, -0.05) is 103 Å². The number of hydrogen-bond donors (Lipinski definition) is 4. The van der Waals surface area contributed by atoms with Crippen LogP contribution in [0.5, 0.6) is 0 Å². The zero-order chi connectivity index (χ0) is 22.3. The molecule has 2 atom stereocenters. The second-order valence-corrected chi connectivity index (χ2v) is 7.41. The number of rotatable bonds is 19. The molecule has 0 aromatic heterocycles. The van der Waals surface area contributed by atoms with Crippen LogP contribution in [0.25, 0.3) is 0 Å². The monoisotopic (exact) mass is 440 g/mol. The number of hydrogen-bond acceptors (Lipinski definition) is 5. The topological polar surface area (TPSA) is 132 Å². The van der Waals surface area contributed by atoms with Gasteiger partial charge in [0.05, 0.1) is 0 Å². The van der Waals surface area contributed by atoms with Crippen molar-refractivity contribution in [2.45, 2.75) is 122 Å². The van der Waals surface area contributed by atoms with Crippen molar-refractivity contribution in [1.82, 2.24) is 0 Å². The maximum Gasteiger partial charge on any atom is 1.00 e. The van der Waals surface area contributed by atoms with E-state index in [4.69, 9.17) is 20.4 Å². The maximum atomic E-state index is 10.0. The summed E-state index contributed by atoms with van der Waals surface area (Å²) < 4.78 is 0. The summed E-state index contributed by atoms with van der Waals surface area (Å²) in [6, 6.07) is 0. The van der Waals surface area contributed by atoms with Crippen molar-refractivity contribution in [3.05, 3.63) is 0 Å². The molecule has 0 saturated heterocycles. The van der Waals surface area contributed by atoms with Crippen LogP contribution in [0.15, 0.2) is 0 Å². The number of carboxylic acid groups (broad SMARTS) is 2. The number of aliphatic carboxylic acids is 2. The van der Waals surface area contributed by atoms with Gasteiger partial charge in [0.25, 0.3) is 0 Å². The van der Waals surface area contributed by atoms with Crippen LogP contribution in [-0.4, -0.2) is 50.9 Å². The number of carbonyl (C=O) groups excluding carboxylic acids is 1. The van der Waals surface area contributed by atoms with Crippen molar-refractivity contribution in [3.63, 3.8) is 0 Å². The molecule has 172 valence electrons. The average molecular weight is 441 g/mol. The first-order valence-corrected chi connectivity index (χ1v) is 11.0. The van der Waals surface area contributed by atoms with Gasteiger partial charge in [-0.25, -0.2) is 9.59 Å². The van der Waals surface area contributed by atoms with Gasteiger partial charge in [0.1, 0.15) is 0 Å². The fraction of sp³-hybridized carbons (Fsp3) is 0.864. The Balaban J connectivity index is -0.000000563. The molecule has 0 heterocycles. The van der Waals surface area contributed by atoms with E-state index in [0.717, 1.165) is 6.42 Å². The summed E-state index contributed by atoms with van der Waals surface area (Å²) in [6.45, 7) is 2.28. The van der Waals surface area contributed by atoms with Crippen molar-refractivity contribution in [3.8, 4) is 0 Å². The summed E-state index contributed by atoms with van der Waals surface area (Å²) >= 11 is 0. The van der Waals surface area contributed by atoms with E-state index in [1.807, 2.05) is 6.29 Å². The Morgan fingerprint density at radius 3 is 1.13 bits per heavy atom. The Kier molecular flexibility index (Phi) is 30.2. The molecule has 2 unspecified atom stereocenters. The summed E-state index contributed by atoms with van der Waals surface area (Å²) in [5.74, 6) is -3.54. The van der Waals surface area contributed by atoms with E-state index in [2.05, 4.69) is 6.92 Å². The van der Waals surface area contributed by atoms with Crippen LogP contribution in [0, 0.1) is 0 Å². The molecule has 8 heteroatoms. The molecule has 0 aliphatic heterocycles. The quantitative estimate of drug-likeness (QED) is 0.135. The van der Waals surface area contributed by atoms with Crippen molar-refractivity contribution in [1.29, 1.82) is 0 Å². The fourth-order valence-electron chi connectivity index (χ4n) is 2.84. The fourth-order valence-corrected chi connectivity index (χ4v) is 2.84. The number of unbranched alkanes of at least 4 members (excludes halogenated alkanes) is 15. The number of carbonyl (C=O) groups is 2. The van der Waals surface area contributed by atoms with Crippen molar-refractivity contribution in [2.24, 2.45) is 0 Å². The van der Waals surface area contributed by atoms with E-state index < -0.39 is 24.1 Å². The Hall–Kier alpha value is -0.470. The third kappa shape index (κ3) is 25.6. The molecule has 0 aliphatic carbocycles. The van der Waals surface area contributed by atoms with Gasteiger partial charge in [-0.15, -0.1) is 0 Å². The van der Waals surface area contributed by atoms with Crippen LogP contribution in [0.4, 0.5) is 0 Å². The first-order valence-electron chi connectivity index (χ1n) is 11.0. The molecule has 0 spiro atoms. The SMILES string of the molecule is CCCCCCCCCCCCCCCCC[C-]=O.O=C(O)C(O)C(O)C(=O)O.[Na+]. The van der Waals surface area contributed by atoms with Crippen molar-refractivity contribution in [2.75, 3.05) is 0 Å². The number of aliphatic hydroxyl groups is 2. The molecule has 0 saturated carbocycles. The number of carboxylic acids is 2. The van der Waals surface area contributed by atoms with Gasteiger partial charge in [-0.3, -0.25) is 6.29 Å². The van der Waals surface area contributed by atoms with Gasteiger partial charge in [0.2, 0.25) is 0 Å². The predicted molar refractivity (Wildman–Crippen MR) is 113 cm³/mol. The van der Waals surface area contributed by atoms with Gasteiger partial charge in [0, 0.05) is 0 Å². The molecular weight excluding hydrogens is 399 g/mol. The van der Waals surface area contributed by atoms with Crippen LogP contribution in [0.1, 0.15) is 110 Å². The van der Waals surface area contributed by atoms with Crippen LogP contribution in [0.3, 0.4) is 0 Å². The minimum atomic E-state index is -2.27. The van der Waals surface area contributed by atoms with Crippen LogP contribution < -0.4 is 29.6 Å². The maximum absolute atomic E-state index is 10.0. The minimum Gasteiger partial charge on any atom is -0.542 e. The standard InChI is InChI=1S/C18H35O.C4H6O6.Na/c1-2-3-4-5-6-7-8-9-10-11-12-13-14-15-16-17-18-19;5-1(3(7)8)2(6)4(9)10;/h2-17H2,1H3;1-2,5-6H,(H,7,8)(H,9,10);/q-1;;+1. The second-order valence-electron chi connectivity index (χ2n) is 7.41. The molecule has 0 rings (SSSR count). The predicted octanol–water partition coefficient (Wildman–Crippen LogP) is 1.24.